The van der Waals surface area contributed by atoms with Gasteiger partial charge in [0.15, 0.2) is 5.78 Å². The number of carbonyl (C=O) groups is 2. The van der Waals surface area contributed by atoms with E-state index < -0.39 is 0 Å². The lowest BCUT2D eigenvalue weighted by atomic mass is 9.49. The van der Waals surface area contributed by atoms with E-state index in [2.05, 4.69) is 50.8 Å². The molecule has 0 aliphatic heterocycles. The number of hydrogen-bond donors (Lipinski definition) is 0. The van der Waals surface area contributed by atoms with Crippen molar-refractivity contribution in [2.75, 3.05) is 19.6 Å². The highest BCUT2D eigenvalue weighted by atomic mass is 35.5. The third kappa shape index (κ3) is 6.55. The van der Waals surface area contributed by atoms with Crippen LogP contribution in [0, 0.1) is 11.3 Å². The number of rotatable bonds is 10. The van der Waals surface area contributed by atoms with E-state index in [1.54, 1.807) is 18.1 Å². The minimum atomic E-state index is 0. The van der Waals surface area contributed by atoms with Gasteiger partial charge in [-0.25, -0.2) is 0 Å². The van der Waals surface area contributed by atoms with Crippen molar-refractivity contribution in [2.24, 2.45) is 11.3 Å². The van der Waals surface area contributed by atoms with Crippen molar-refractivity contribution in [3.05, 3.63) is 70.8 Å². The maximum Gasteiger partial charge on any atom is 1.00 e. The van der Waals surface area contributed by atoms with E-state index in [1.807, 2.05) is 30.3 Å². The Morgan fingerprint density at radius 3 is 2.41 bits per heavy atom. The zero-order chi connectivity index (χ0) is 25.9. The minimum Gasteiger partial charge on any atom is -1.00 e. The lowest BCUT2D eigenvalue weighted by molar-refractivity contribution is -0.117. The standard InChI is InChI=1S/C33H45NO2.ClH/c1-24(2)27-12-14-29-28(22-27)13-15-31-32(4,18-9-19-33(29,31)5)23-34(20-16-25(3)35)21-17-30(36)26-10-7-6-8-11-26;/h6-8,10-12,14,22,24,31H,9,13,15-21,23H2,1-5H3;1H. The van der Waals surface area contributed by atoms with Crippen LogP contribution in [-0.2, 0) is 16.6 Å². The highest BCUT2D eigenvalue weighted by molar-refractivity contribution is 5.96. The van der Waals surface area contributed by atoms with Crippen molar-refractivity contribution in [2.45, 2.75) is 90.9 Å². The van der Waals surface area contributed by atoms with E-state index in [0.717, 1.165) is 25.1 Å². The third-order valence-electron chi connectivity index (χ3n) is 9.28. The molecule has 1 fully saturated rings. The predicted molar refractivity (Wildman–Crippen MR) is 150 cm³/mol. The number of ketones is 2. The quantitative estimate of drug-likeness (QED) is 0.430. The largest absolute Gasteiger partial charge is 1.00 e. The number of Topliss-reactive ketones (excluding diaryl/α,β-unsaturated/α-hetero) is 2. The van der Waals surface area contributed by atoms with Gasteiger partial charge in [0.2, 0.25) is 0 Å². The van der Waals surface area contributed by atoms with Crippen molar-refractivity contribution in [1.82, 2.24) is 4.90 Å². The maximum atomic E-state index is 12.9. The molecule has 0 spiro atoms. The van der Waals surface area contributed by atoms with Crippen LogP contribution in [0.25, 0.3) is 0 Å². The summed E-state index contributed by atoms with van der Waals surface area (Å²) in [7, 11) is 0. The summed E-state index contributed by atoms with van der Waals surface area (Å²) in [6, 6.07) is 16.9. The predicted octanol–water partition coefficient (Wildman–Crippen LogP) is 4.49. The SMILES string of the molecule is CC(=O)CCN(CCC(=O)c1ccccc1)CC1(C)CCCC2(C)c3ccc(C(C)C)cc3CCC12.[Cl-].[H+]. The fourth-order valence-corrected chi connectivity index (χ4v) is 7.32. The fraction of sp³-hybridized carbons (Fsp3) is 0.576. The molecule has 4 rings (SSSR count). The number of benzene rings is 2. The molecule has 0 bridgehead atoms. The Labute approximate surface area is 232 Å². The summed E-state index contributed by atoms with van der Waals surface area (Å²) in [6.45, 7) is 13.7. The van der Waals surface area contributed by atoms with Crippen molar-refractivity contribution in [1.29, 1.82) is 0 Å². The first-order valence-electron chi connectivity index (χ1n) is 14.1. The van der Waals surface area contributed by atoms with Crippen molar-refractivity contribution in [3.8, 4) is 0 Å². The van der Waals surface area contributed by atoms with Gasteiger partial charge in [-0.2, -0.15) is 0 Å². The summed E-state index contributed by atoms with van der Waals surface area (Å²) in [4.78, 5) is 27.2. The molecular weight excluding hydrogens is 478 g/mol. The van der Waals surface area contributed by atoms with Crippen molar-refractivity contribution < 1.29 is 23.4 Å². The summed E-state index contributed by atoms with van der Waals surface area (Å²) in [5, 5.41) is 0. The molecular formula is C33H46ClNO2. The monoisotopic (exact) mass is 523 g/mol. The van der Waals surface area contributed by atoms with Crippen LogP contribution in [-0.4, -0.2) is 36.1 Å². The van der Waals surface area contributed by atoms with Gasteiger partial charge in [0.05, 0.1) is 0 Å². The molecule has 0 heterocycles. The van der Waals surface area contributed by atoms with Gasteiger partial charge < -0.3 is 17.3 Å². The molecule has 0 saturated heterocycles. The molecule has 1 saturated carbocycles. The minimum absolute atomic E-state index is 0. The van der Waals surface area contributed by atoms with Crippen LogP contribution in [0.3, 0.4) is 0 Å². The highest BCUT2D eigenvalue weighted by Gasteiger charge is 2.52. The van der Waals surface area contributed by atoms with Crippen LogP contribution < -0.4 is 12.4 Å². The van der Waals surface area contributed by atoms with Gasteiger partial charge in [0.25, 0.3) is 0 Å². The number of hydrogen-bond acceptors (Lipinski definition) is 3. The van der Waals surface area contributed by atoms with Crippen LogP contribution >= 0.6 is 0 Å². The number of fused-ring (bicyclic) bond motifs is 3. The third-order valence-corrected chi connectivity index (χ3v) is 9.28. The lowest BCUT2D eigenvalue weighted by Gasteiger charge is -2.56. The topological polar surface area (TPSA) is 37.4 Å². The summed E-state index contributed by atoms with van der Waals surface area (Å²) < 4.78 is 0. The van der Waals surface area contributed by atoms with Gasteiger partial charge >= 0.3 is 1.43 Å². The van der Waals surface area contributed by atoms with Crippen LogP contribution in [0.5, 0.6) is 0 Å². The molecule has 0 aromatic heterocycles. The molecule has 202 valence electrons. The molecule has 2 aliphatic carbocycles. The maximum absolute atomic E-state index is 12.9. The molecule has 4 heteroatoms. The molecule has 2 aliphatic rings. The van der Waals surface area contributed by atoms with Gasteiger partial charge in [0, 0.05) is 38.0 Å². The van der Waals surface area contributed by atoms with Gasteiger partial charge in [-0.15, -0.1) is 0 Å². The summed E-state index contributed by atoms with van der Waals surface area (Å²) in [5.41, 5.74) is 5.74. The first kappa shape index (κ1) is 29.6. The van der Waals surface area contributed by atoms with E-state index in [4.69, 9.17) is 0 Å². The molecule has 0 N–H and O–H groups in total. The molecule has 0 amide bonds. The molecule has 0 radical (unpaired) electrons. The number of nitrogens with zero attached hydrogens (tertiary/aromatic N) is 1. The molecule has 37 heavy (non-hydrogen) atoms. The first-order valence-corrected chi connectivity index (χ1v) is 14.1. The van der Waals surface area contributed by atoms with Gasteiger partial charge in [-0.1, -0.05) is 82.6 Å². The Kier molecular flexibility index (Phi) is 9.80. The smallest absolute Gasteiger partial charge is 1.00 e. The Morgan fingerprint density at radius 1 is 1.03 bits per heavy atom. The average Bonchev–Trinajstić information content (AvgIpc) is 2.85. The lowest BCUT2D eigenvalue weighted by Crippen LogP contribution is -3.00. The molecule has 2 aromatic rings. The summed E-state index contributed by atoms with van der Waals surface area (Å²) in [5.74, 6) is 1.59. The van der Waals surface area contributed by atoms with E-state index in [1.165, 1.54) is 31.2 Å². The second-order valence-corrected chi connectivity index (χ2v) is 12.4. The second-order valence-electron chi connectivity index (χ2n) is 12.4. The van der Waals surface area contributed by atoms with Crippen molar-refractivity contribution in [3.63, 3.8) is 0 Å². The summed E-state index contributed by atoms with van der Waals surface area (Å²) in [6.07, 6.45) is 7.14. The fourth-order valence-electron chi connectivity index (χ4n) is 7.32. The van der Waals surface area contributed by atoms with Crippen LogP contribution in [0.1, 0.15) is 108 Å². The zero-order valence-corrected chi connectivity index (χ0v) is 24.2. The second kappa shape index (κ2) is 12.3. The van der Waals surface area contributed by atoms with Crippen LogP contribution in [0.15, 0.2) is 48.5 Å². The van der Waals surface area contributed by atoms with E-state index in [9.17, 15) is 9.59 Å². The molecule has 3 atom stereocenters. The zero-order valence-electron chi connectivity index (χ0n) is 24.5. The van der Waals surface area contributed by atoms with Crippen molar-refractivity contribution >= 4 is 11.6 Å². The number of aryl methyl sites for hydroxylation is 1. The van der Waals surface area contributed by atoms with E-state index in [-0.39, 0.29) is 36.2 Å². The Hall–Kier alpha value is -1.97. The Bertz CT molecular complexity index is 1090. The summed E-state index contributed by atoms with van der Waals surface area (Å²) >= 11 is 0. The van der Waals surface area contributed by atoms with Gasteiger partial charge in [0.1, 0.15) is 5.78 Å². The van der Waals surface area contributed by atoms with Crippen LogP contribution in [0.2, 0.25) is 0 Å². The van der Waals surface area contributed by atoms with Crippen LogP contribution in [0.4, 0.5) is 0 Å². The van der Waals surface area contributed by atoms with E-state index in [0.29, 0.717) is 31.2 Å². The van der Waals surface area contributed by atoms with Gasteiger partial charge in [-0.3, -0.25) is 9.59 Å². The first-order chi connectivity index (χ1) is 17.1. The normalized spacial score (nSPS) is 24.8. The van der Waals surface area contributed by atoms with E-state index >= 15 is 0 Å². The number of carbonyl (C=O) groups excluding carboxylic acids is 2. The van der Waals surface area contributed by atoms with Gasteiger partial charge in [-0.05, 0) is 72.0 Å². The molecule has 2 aromatic carbocycles. The Balaban J connectivity index is 0.00000253. The average molecular weight is 524 g/mol. The number of halogens is 1. The highest BCUT2D eigenvalue weighted by Crippen LogP contribution is 2.57. The Morgan fingerprint density at radius 2 is 1.73 bits per heavy atom. The molecule has 3 unspecified atom stereocenters. The molecule has 3 nitrogen and oxygen atoms in total.